The molecule has 0 spiro atoms. The summed E-state index contributed by atoms with van der Waals surface area (Å²) < 4.78 is 31.0. The maximum absolute atomic E-state index is 12.5. The van der Waals surface area contributed by atoms with E-state index >= 15 is 0 Å². The highest BCUT2D eigenvalue weighted by Crippen LogP contribution is 2.28. The number of nitrogens with zero attached hydrogens (tertiary/aromatic N) is 1. The van der Waals surface area contributed by atoms with Crippen LogP contribution >= 0.6 is 0 Å². The fraction of sp³-hybridized carbons (Fsp3) is 0.316. The maximum atomic E-state index is 12.5. The molecular formula is C19H24N2O4S. The third kappa shape index (κ3) is 4.76. The standard InChI is InChI=1S/C19H24N2O4S/c1-5-15-8-6-7-14(2)19(15)21(26(4,23)24)13-18(22)20-16-9-11-17(25-3)12-10-16/h6-12H,5,13H2,1-4H3,(H,20,22). The Bertz CT molecular complexity index is 877. The van der Waals surface area contributed by atoms with Crippen LogP contribution in [0.5, 0.6) is 5.75 Å². The number of sulfonamides is 1. The van der Waals surface area contributed by atoms with E-state index in [1.54, 1.807) is 31.4 Å². The van der Waals surface area contributed by atoms with Crippen LogP contribution in [0.2, 0.25) is 0 Å². The highest BCUT2D eigenvalue weighted by molar-refractivity contribution is 7.92. The van der Waals surface area contributed by atoms with E-state index in [0.29, 0.717) is 23.5 Å². The van der Waals surface area contributed by atoms with Crippen molar-refractivity contribution >= 4 is 27.3 Å². The molecule has 0 atom stereocenters. The number of rotatable bonds is 7. The molecule has 0 aliphatic rings. The normalized spacial score (nSPS) is 11.1. The van der Waals surface area contributed by atoms with Gasteiger partial charge < -0.3 is 10.1 Å². The molecule has 0 heterocycles. The molecule has 0 saturated heterocycles. The quantitative estimate of drug-likeness (QED) is 0.806. The van der Waals surface area contributed by atoms with Crippen molar-refractivity contribution in [2.24, 2.45) is 0 Å². The van der Waals surface area contributed by atoms with E-state index in [4.69, 9.17) is 4.74 Å². The summed E-state index contributed by atoms with van der Waals surface area (Å²) in [7, 11) is -2.06. The molecule has 0 radical (unpaired) electrons. The first-order valence-electron chi connectivity index (χ1n) is 8.26. The molecular weight excluding hydrogens is 352 g/mol. The lowest BCUT2D eigenvalue weighted by Crippen LogP contribution is -2.38. The van der Waals surface area contributed by atoms with Gasteiger partial charge in [0.25, 0.3) is 0 Å². The molecule has 1 N–H and O–H groups in total. The van der Waals surface area contributed by atoms with Gasteiger partial charge in [0.2, 0.25) is 15.9 Å². The number of carbonyl (C=O) groups excluding carboxylic acids is 1. The van der Waals surface area contributed by atoms with E-state index in [9.17, 15) is 13.2 Å². The Labute approximate surface area is 154 Å². The summed E-state index contributed by atoms with van der Waals surface area (Å²) >= 11 is 0. The molecule has 0 fully saturated rings. The third-order valence-corrected chi connectivity index (χ3v) is 5.13. The number of nitrogens with one attached hydrogen (secondary N) is 1. The summed E-state index contributed by atoms with van der Waals surface area (Å²) in [4.78, 5) is 12.5. The zero-order valence-electron chi connectivity index (χ0n) is 15.4. The molecule has 0 aliphatic carbocycles. The summed E-state index contributed by atoms with van der Waals surface area (Å²) in [5.74, 6) is 0.263. The lowest BCUT2D eigenvalue weighted by molar-refractivity contribution is -0.114. The van der Waals surface area contributed by atoms with Gasteiger partial charge in [0.15, 0.2) is 0 Å². The third-order valence-electron chi connectivity index (χ3n) is 4.01. The SMILES string of the molecule is CCc1cccc(C)c1N(CC(=O)Nc1ccc(OC)cc1)S(C)(=O)=O. The van der Waals surface area contributed by atoms with Gasteiger partial charge in [-0.15, -0.1) is 0 Å². The van der Waals surface area contributed by atoms with E-state index in [1.165, 1.54) is 4.31 Å². The number of benzene rings is 2. The van der Waals surface area contributed by atoms with Crippen molar-refractivity contribution in [3.63, 3.8) is 0 Å². The van der Waals surface area contributed by atoms with Crippen molar-refractivity contribution in [2.75, 3.05) is 29.5 Å². The van der Waals surface area contributed by atoms with Gasteiger partial charge in [-0.3, -0.25) is 9.10 Å². The number of ether oxygens (including phenoxy) is 1. The summed E-state index contributed by atoms with van der Waals surface area (Å²) in [6.07, 6.45) is 1.78. The van der Waals surface area contributed by atoms with Gasteiger partial charge >= 0.3 is 0 Å². The fourth-order valence-corrected chi connectivity index (χ4v) is 3.67. The average molecular weight is 376 g/mol. The smallest absolute Gasteiger partial charge is 0.245 e. The maximum Gasteiger partial charge on any atom is 0.245 e. The largest absolute Gasteiger partial charge is 0.497 e. The minimum atomic E-state index is -3.62. The fourth-order valence-electron chi connectivity index (χ4n) is 2.73. The summed E-state index contributed by atoms with van der Waals surface area (Å²) in [6.45, 7) is 3.51. The molecule has 0 aliphatic heterocycles. The molecule has 26 heavy (non-hydrogen) atoms. The predicted molar refractivity (Wildman–Crippen MR) is 104 cm³/mol. The molecule has 2 aromatic rings. The van der Waals surface area contributed by atoms with Crippen LogP contribution in [-0.4, -0.2) is 34.2 Å². The van der Waals surface area contributed by atoms with Crippen molar-refractivity contribution in [2.45, 2.75) is 20.3 Å². The first-order valence-corrected chi connectivity index (χ1v) is 10.1. The van der Waals surface area contributed by atoms with Gasteiger partial charge in [0.05, 0.1) is 19.1 Å². The van der Waals surface area contributed by atoms with Crippen LogP contribution in [-0.2, 0) is 21.2 Å². The highest BCUT2D eigenvalue weighted by atomic mass is 32.2. The van der Waals surface area contributed by atoms with E-state index in [2.05, 4.69) is 5.32 Å². The zero-order valence-corrected chi connectivity index (χ0v) is 16.3. The second-order valence-corrected chi connectivity index (χ2v) is 7.89. The Morgan fingerprint density at radius 1 is 1.15 bits per heavy atom. The van der Waals surface area contributed by atoms with Crippen LogP contribution < -0.4 is 14.4 Å². The van der Waals surface area contributed by atoms with Crippen LogP contribution in [0.15, 0.2) is 42.5 Å². The number of hydrogen-bond donors (Lipinski definition) is 1. The number of aryl methyl sites for hydroxylation is 2. The Morgan fingerprint density at radius 2 is 1.81 bits per heavy atom. The van der Waals surface area contributed by atoms with E-state index in [-0.39, 0.29) is 6.54 Å². The van der Waals surface area contributed by atoms with Crippen LogP contribution in [0.1, 0.15) is 18.1 Å². The van der Waals surface area contributed by atoms with Gasteiger partial charge in [-0.2, -0.15) is 0 Å². The molecule has 0 unspecified atom stereocenters. The Kier molecular flexibility index (Phi) is 6.26. The summed E-state index contributed by atoms with van der Waals surface area (Å²) in [5.41, 5.74) is 2.84. The molecule has 2 aromatic carbocycles. The van der Waals surface area contributed by atoms with Crippen LogP contribution in [0, 0.1) is 6.92 Å². The van der Waals surface area contributed by atoms with Gasteiger partial charge in [0.1, 0.15) is 12.3 Å². The summed E-state index contributed by atoms with van der Waals surface area (Å²) in [6, 6.07) is 12.5. The Hall–Kier alpha value is -2.54. The van der Waals surface area contributed by atoms with Gasteiger partial charge in [-0.05, 0) is 48.7 Å². The van der Waals surface area contributed by atoms with E-state index in [0.717, 1.165) is 17.4 Å². The number of carbonyl (C=O) groups is 1. The number of para-hydroxylation sites is 1. The second kappa shape index (κ2) is 8.23. The van der Waals surface area contributed by atoms with Gasteiger partial charge in [-0.25, -0.2) is 8.42 Å². The number of hydrogen-bond acceptors (Lipinski definition) is 4. The van der Waals surface area contributed by atoms with Crippen molar-refractivity contribution < 1.29 is 17.9 Å². The molecule has 6 nitrogen and oxygen atoms in total. The minimum absolute atomic E-state index is 0.289. The molecule has 0 aromatic heterocycles. The van der Waals surface area contributed by atoms with Crippen LogP contribution in [0.4, 0.5) is 11.4 Å². The molecule has 2 rings (SSSR count). The van der Waals surface area contributed by atoms with Crippen molar-refractivity contribution in [1.29, 1.82) is 0 Å². The van der Waals surface area contributed by atoms with Crippen LogP contribution in [0.3, 0.4) is 0 Å². The lowest BCUT2D eigenvalue weighted by atomic mass is 10.1. The number of methoxy groups -OCH3 is 1. The molecule has 140 valence electrons. The first-order chi connectivity index (χ1) is 12.3. The van der Waals surface area contributed by atoms with Gasteiger partial charge in [0, 0.05) is 5.69 Å². The van der Waals surface area contributed by atoms with Crippen molar-refractivity contribution in [3.8, 4) is 5.75 Å². The number of amides is 1. The second-order valence-electron chi connectivity index (χ2n) is 5.98. The zero-order chi connectivity index (χ0) is 19.3. The number of anilines is 2. The summed E-state index contributed by atoms with van der Waals surface area (Å²) in [5, 5.41) is 2.72. The van der Waals surface area contributed by atoms with Crippen molar-refractivity contribution in [1.82, 2.24) is 0 Å². The lowest BCUT2D eigenvalue weighted by Gasteiger charge is -2.26. The molecule has 0 saturated carbocycles. The Balaban J connectivity index is 2.27. The van der Waals surface area contributed by atoms with Gasteiger partial charge in [-0.1, -0.05) is 25.1 Å². The van der Waals surface area contributed by atoms with Crippen molar-refractivity contribution in [3.05, 3.63) is 53.6 Å². The first kappa shape index (κ1) is 19.8. The molecule has 7 heteroatoms. The van der Waals surface area contributed by atoms with E-state index < -0.39 is 15.9 Å². The monoisotopic (exact) mass is 376 g/mol. The Morgan fingerprint density at radius 3 is 2.35 bits per heavy atom. The predicted octanol–water partition coefficient (Wildman–Crippen LogP) is 2.97. The van der Waals surface area contributed by atoms with Crippen LogP contribution in [0.25, 0.3) is 0 Å². The highest BCUT2D eigenvalue weighted by Gasteiger charge is 2.24. The minimum Gasteiger partial charge on any atom is -0.497 e. The molecule has 1 amide bonds. The van der Waals surface area contributed by atoms with E-state index in [1.807, 2.05) is 32.0 Å². The molecule has 0 bridgehead atoms. The average Bonchev–Trinajstić information content (AvgIpc) is 2.59. The topological polar surface area (TPSA) is 75.7 Å².